The van der Waals surface area contributed by atoms with Gasteiger partial charge in [0.05, 0.1) is 6.20 Å². The van der Waals surface area contributed by atoms with Crippen LogP contribution in [0.4, 0.5) is 0 Å². The molecule has 23 heavy (non-hydrogen) atoms. The van der Waals surface area contributed by atoms with Gasteiger partial charge in [-0.1, -0.05) is 0 Å². The maximum absolute atomic E-state index is 12.9. The van der Waals surface area contributed by atoms with Gasteiger partial charge in [-0.25, -0.2) is 4.98 Å². The highest BCUT2D eigenvalue weighted by Crippen LogP contribution is 2.24. The fraction of sp³-hybridized carbons (Fsp3) is 0.353. The van der Waals surface area contributed by atoms with E-state index in [-0.39, 0.29) is 11.9 Å². The van der Waals surface area contributed by atoms with Crippen LogP contribution >= 0.6 is 0 Å². The van der Waals surface area contributed by atoms with Crippen LogP contribution in [-0.2, 0) is 0 Å². The molecule has 1 aliphatic heterocycles. The topological polar surface area (TPSA) is 58.6 Å². The van der Waals surface area contributed by atoms with Crippen molar-refractivity contribution in [3.8, 4) is 11.6 Å². The van der Waals surface area contributed by atoms with E-state index in [2.05, 4.69) is 28.8 Å². The van der Waals surface area contributed by atoms with Gasteiger partial charge in [0.25, 0.3) is 5.91 Å². The summed E-state index contributed by atoms with van der Waals surface area (Å²) in [7, 11) is 2.07. The number of pyridine rings is 2. The molecular formula is C17H20N4O2. The van der Waals surface area contributed by atoms with Crippen LogP contribution < -0.4 is 4.74 Å². The smallest absolute Gasteiger partial charge is 0.259 e. The number of ether oxygens (including phenoxy) is 1. The van der Waals surface area contributed by atoms with Crippen molar-refractivity contribution in [3.05, 3.63) is 48.4 Å². The molecule has 3 rings (SSSR count). The van der Waals surface area contributed by atoms with Gasteiger partial charge in [-0.2, -0.15) is 0 Å². The van der Waals surface area contributed by atoms with E-state index >= 15 is 0 Å². The van der Waals surface area contributed by atoms with E-state index in [0.29, 0.717) is 23.7 Å². The highest BCUT2D eigenvalue weighted by Gasteiger charge is 2.28. The van der Waals surface area contributed by atoms with Gasteiger partial charge in [0.1, 0.15) is 11.3 Å². The molecule has 3 heterocycles. The predicted octanol–water partition coefficient (Wildman–Crippen LogP) is 2.04. The molecule has 1 saturated heterocycles. The van der Waals surface area contributed by atoms with Crippen molar-refractivity contribution in [1.29, 1.82) is 0 Å². The number of hydrogen-bond acceptors (Lipinski definition) is 5. The summed E-state index contributed by atoms with van der Waals surface area (Å²) >= 11 is 0. The molecule has 1 aliphatic rings. The third-order valence-corrected chi connectivity index (χ3v) is 3.94. The Balaban J connectivity index is 1.84. The third kappa shape index (κ3) is 3.48. The Kier molecular flexibility index (Phi) is 4.52. The summed E-state index contributed by atoms with van der Waals surface area (Å²) in [6.45, 7) is 4.50. The van der Waals surface area contributed by atoms with Crippen LogP contribution in [0.3, 0.4) is 0 Å². The molecule has 6 heteroatoms. The van der Waals surface area contributed by atoms with Crippen molar-refractivity contribution >= 4 is 5.91 Å². The molecule has 6 nitrogen and oxygen atoms in total. The molecule has 120 valence electrons. The zero-order valence-corrected chi connectivity index (χ0v) is 13.3. The molecule has 0 unspecified atom stereocenters. The highest BCUT2D eigenvalue weighted by atomic mass is 16.5. The van der Waals surface area contributed by atoms with Crippen molar-refractivity contribution < 1.29 is 9.53 Å². The molecule has 0 bridgehead atoms. The standard InChI is InChI=1S/C17H20N4O2/c1-13-12-20(2)9-10-21(13)17(22)15-6-4-8-19-16(15)23-14-5-3-7-18-11-14/h3-8,11,13H,9-10,12H2,1-2H3/t13-/m0/s1. The van der Waals surface area contributed by atoms with E-state index in [9.17, 15) is 4.79 Å². The minimum absolute atomic E-state index is 0.0439. The first-order valence-electron chi connectivity index (χ1n) is 7.67. The van der Waals surface area contributed by atoms with Gasteiger partial charge < -0.3 is 14.5 Å². The minimum atomic E-state index is -0.0439. The second kappa shape index (κ2) is 6.75. The lowest BCUT2D eigenvalue weighted by Crippen LogP contribution is -2.52. The average Bonchev–Trinajstić information content (AvgIpc) is 2.56. The molecule has 0 saturated carbocycles. The quantitative estimate of drug-likeness (QED) is 0.868. The second-order valence-electron chi connectivity index (χ2n) is 5.76. The summed E-state index contributed by atoms with van der Waals surface area (Å²) in [5.41, 5.74) is 0.479. The molecule has 1 fully saturated rings. The molecular weight excluding hydrogens is 292 g/mol. The first-order valence-corrected chi connectivity index (χ1v) is 7.67. The predicted molar refractivity (Wildman–Crippen MR) is 86.5 cm³/mol. The zero-order chi connectivity index (χ0) is 16.2. The Morgan fingerprint density at radius 3 is 2.83 bits per heavy atom. The maximum Gasteiger partial charge on any atom is 0.259 e. The highest BCUT2D eigenvalue weighted by molar-refractivity contribution is 5.96. The van der Waals surface area contributed by atoms with Gasteiger partial charge in [-0.3, -0.25) is 9.78 Å². The van der Waals surface area contributed by atoms with Crippen LogP contribution in [0, 0.1) is 0 Å². The monoisotopic (exact) mass is 312 g/mol. The lowest BCUT2D eigenvalue weighted by Gasteiger charge is -2.38. The Bertz CT molecular complexity index is 677. The molecule has 2 aromatic heterocycles. The number of hydrogen-bond donors (Lipinski definition) is 0. The third-order valence-electron chi connectivity index (χ3n) is 3.94. The molecule has 2 aromatic rings. The van der Waals surface area contributed by atoms with Gasteiger partial charge >= 0.3 is 0 Å². The lowest BCUT2D eigenvalue weighted by atomic mass is 10.1. The largest absolute Gasteiger partial charge is 0.437 e. The Morgan fingerprint density at radius 2 is 2.09 bits per heavy atom. The minimum Gasteiger partial charge on any atom is -0.437 e. The van der Waals surface area contributed by atoms with E-state index in [1.807, 2.05) is 4.90 Å². The number of amides is 1. The van der Waals surface area contributed by atoms with Crippen LogP contribution in [0.2, 0.25) is 0 Å². The van der Waals surface area contributed by atoms with Gasteiger partial charge in [0.15, 0.2) is 0 Å². The first-order chi connectivity index (χ1) is 11.1. The summed E-state index contributed by atoms with van der Waals surface area (Å²) in [5.74, 6) is 0.834. The summed E-state index contributed by atoms with van der Waals surface area (Å²) in [5, 5.41) is 0. The lowest BCUT2D eigenvalue weighted by molar-refractivity contribution is 0.0530. The van der Waals surface area contributed by atoms with E-state index in [4.69, 9.17) is 4.74 Å². The summed E-state index contributed by atoms with van der Waals surface area (Å²) in [6, 6.07) is 7.24. The number of likely N-dealkylation sites (N-methyl/N-ethyl adjacent to an activating group) is 1. The van der Waals surface area contributed by atoms with E-state index in [0.717, 1.165) is 13.1 Å². The van der Waals surface area contributed by atoms with Gasteiger partial charge in [0, 0.05) is 38.1 Å². The molecule has 0 N–H and O–H groups in total. The number of piperazine rings is 1. The van der Waals surface area contributed by atoms with E-state index in [1.54, 1.807) is 42.9 Å². The second-order valence-corrected chi connectivity index (χ2v) is 5.76. The first kappa shape index (κ1) is 15.4. The van der Waals surface area contributed by atoms with Crippen LogP contribution in [0.1, 0.15) is 17.3 Å². The van der Waals surface area contributed by atoms with Crippen LogP contribution in [-0.4, -0.2) is 58.4 Å². The SMILES string of the molecule is C[C@H]1CN(C)CCN1C(=O)c1cccnc1Oc1cccnc1. The van der Waals surface area contributed by atoms with Gasteiger partial charge in [-0.05, 0) is 38.2 Å². The molecule has 1 atom stereocenters. The van der Waals surface area contributed by atoms with Crippen LogP contribution in [0.25, 0.3) is 0 Å². The van der Waals surface area contributed by atoms with Gasteiger partial charge in [0.2, 0.25) is 5.88 Å². The van der Waals surface area contributed by atoms with E-state index in [1.165, 1.54) is 0 Å². The zero-order valence-electron chi connectivity index (χ0n) is 13.3. The Morgan fingerprint density at radius 1 is 1.26 bits per heavy atom. The van der Waals surface area contributed by atoms with Crippen LogP contribution in [0.15, 0.2) is 42.9 Å². The fourth-order valence-corrected chi connectivity index (χ4v) is 2.75. The molecule has 0 aliphatic carbocycles. The fourth-order valence-electron chi connectivity index (χ4n) is 2.75. The van der Waals surface area contributed by atoms with Crippen LogP contribution in [0.5, 0.6) is 11.6 Å². The summed E-state index contributed by atoms with van der Waals surface area (Å²) < 4.78 is 5.75. The van der Waals surface area contributed by atoms with Crippen molar-refractivity contribution in [1.82, 2.24) is 19.8 Å². The van der Waals surface area contributed by atoms with Crippen molar-refractivity contribution in [3.63, 3.8) is 0 Å². The number of aromatic nitrogens is 2. The normalized spacial score (nSPS) is 18.7. The number of rotatable bonds is 3. The van der Waals surface area contributed by atoms with Crippen molar-refractivity contribution in [2.45, 2.75) is 13.0 Å². The number of carbonyl (C=O) groups excluding carboxylic acids is 1. The van der Waals surface area contributed by atoms with Gasteiger partial charge in [-0.15, -0.1) is 0 Å². The number of nitrogens with zero attached hydrogens (tertiary/aromatic N) is 4. The summed E-state index contributed by atoms with van der Waals surface area (Å²) in [4.78, 5) is 25.2. The van der Waals surface area contributed by atoms with Crippen molar-refractivity contribution in [2.75, 3.05) is 26.7 Å². The molecule has 1 amide bonds. The summed E-state index contributed by atoms with van der Waals surface area (Å²) in [6.07, 6.45) is 4.89. The molecule has 0 aromatic carbocycles. The van der Waals surface area contributed by atoms with E-state index < -0.39 is 0 Å². The average molecular weight is 312 g/mol. The molecule has 0 spiro atoms. The molecule has 0 radical (unpaired) electrons. The Hall–Kier alpha value is -2.47. The maximum atomic E-state index is 12.9. The number of carbonyl (C=O) groups is 1. The van der Waals surface area contributed by atoms with Crippen molar-refractivity contribution in [2.24, 2.45) is 0 Å². The Labute approximate surface area is 135 Å².